The third kappa shape index (κ3) is 2.70. The third-order valence-electron chi connectivity index (χ3n) is 4.37. The van der Waals surface area contributed by atoms with Crippen molar-refractivity contribution in [1.29, 1.82) is 0 Å². The molecule has 114 valence electrons. The van der Waals surface area contributed by atoms with E-state index >= 15 is 0 Å². The highest BCUT2D eigenvalue weighted by Gasteiger charge is 2.29. The Morgan fingerprint density at radius 1 is 1.43 bits per heavy atom. The highest BCUT2D eigenvalue weighted by molar-refractivity contribution is 5.99. The lowest BCUT2D eigenvalue weighted by Crippen LogP contribution is -2.53. The standard InChI is InChI=1S/C16H23N3O2/c1-3-18-8-9-19(11-12(18)2)16(20)13-5-4-6-14-15(13)21-10-7-17-14/h4-6,12,17H,3,7-11H2,1-2H3. The summed E-state index contributed by atoms with van der Waals surface area (Å²) in [7, 11) is 0. The molecule has 0 spiro atoms. The molecule has 1 saturated heterocycles. The number of para-hydroxylation sites is 1. The molecule has 1 aromatic carbocycles. The van der Waals surface area contributed by atoms with Crippen molar-refractivity contribution in [3.05, 3.63) is 23.8 Å². The minimum absolute atomic E-state index is 0.0816. The second-order valence-electron chi connectivity index (χ2n) is 5.69. The summed E-state index contributed by atoms with van der Waals surface area (Å²) in [5.74, 6) is 0.789. The van der Waals surface area contributed by atoms with E-state index in [0.29, 0.717) is 24.0 Å². The number of hydrogen-bond donors (Lipinski definition) is 1. The average molecular weight is 289 g/mol. The van der Waals surface area contributed by atoms with Crippen LogP contribution in [0.25, 0.3) is 0 Å². The maximum atomic E-state index is 12.8. The average Bonchev–Trinajstić information content (AvgIpc) is 2.53. The molecule has 0 aliphatic carbocycles. The first-order chi connectivity index (χ1) is 10.2. The van der Waals surface area contributed by atoms with Gasteiger partial charge in [0.25, 0.3) is 5.91 Å². The van der Waals surface area contributed by atoms with Gasteiger partial charge in [0.2, 0.25) is 0 Å². The predicted octanol–water partition coefficient (Wildman–Crippen LogP) is 1.66. The minimum Gasteiger partial charge on any atom is -0.489 e. The number of anilines is 1. The number of carbonyl (C=O) groups is 1. The van der Waals surface area contributed by atoms with Gasteiger partial charge < -0.3 is 15.0 Å². The molecule has 5 heteroatoms. The van der Waals surface area contributed by atoms with Crippen molar-refractivity contribution in [2.45, 2.75) is 19.9 Å². The highest BCUT2D eigenvalue weighted by atomic mass is 16.5. The van der Waals surface area contributed by atoms with Crippen LogP contribution in [-0.4, -0.2) is 61.1 Å². The van der Waals surface area contributed by atoms with E-state index in [1.54, 1.807) is 0 Å². The molecule has 1 amide bonds. The number of hydrogen-bond acceptors (Lipinski definition) is 4. The fraction of sp³-hybridized carbons (Fsp3) is 0.562. The summed E-state index contributed by atoms with van der Waals surface area (Å²) in [4.78, 5) is 17.2. The Balaban J connectivity index is 1.80. The number of carbonyl (C=O) groups excluding carboxylic acids is 1. The van der Waals surface area contributed by atoms with Crippen molar-refractivity contribution >= 4 is 11.6 Å². The largest absolute Gasteiger partial charge is 0.489 e. The Morgan fingerprint density at radius 2 is 2.29 bits per heavy atom. The molecule has 1 unspecified atom stereocenters. The van der Waals surface area contributed by atoms with Crippen molar-refractivity contribution < 1.29 is 9.53 Å². The Hall–Kier alpha value is -1.75. The van der Waals surface area contributed by atoms with Crippen LogP contribution in [0.4, 0.5) is 5.69 Å². The maximum absolute atomic E-state index is 12.8. The van der Waals surface area contributed by atoms with Gasteiger partial charge in [-0.3, -0.25) is 9.69 Å². The zero-order chi connectivity index (χ0) is 14.8. The van der Waals surface area contributed by atoms with Gasteiger partial charge in [-0.15, -0.1) is 0 Å². The van der Waals surface area contributed by atoms with Crippen molar-refractivity contribution in [2.75, 3.05) is 44.6 Å². The third-order valence-corrected chi connectivity index (χ3v) is 4.37. The molecule has 0 bridgehead atoms. The van der Waals surface area contributed by atoms with Gasteiger partial charge in [-0.05, 0) is 25.6 Å². The van der Waals surface area contributed by atoms with Crippen LogP contribution < -0.4 is 10.1 Å². The van der Waals surface area contributed by atoms with Crippen LogP contribution in [0.15, 0.2) is 18.2 Å². The molecule has 1 atom stereocenters. The van der Waals surface area contributed by atoms with Crippen molar-refractivity contribution in [1.82, 2.24) is 9.80 Å². The number of ether oxygens (including phenoxy) is 1. The van der Waals surface area contributed by atoms with Crippen LogP contribution in [-0.2, 0) is 0 Å². The van der Waals surface area contributed by atoms with Gasteiger partial charge >= 0.3 is 0 Å². The number of likely N-dealkylation sites (N-methyl/N-ethyl adjacent to an activating group) is 1. The van der Waals surface area contributed by atoms with Gasteiger partial charge in [0.1, 0.15) is 6.61 Å². The van der Waals surface area contributed by atoms with Gasteiger partial charge in [-0.25, -0.2) is 0 Å². The molecular formula is C16H23N3O2. The molecule has 0 saturated carbocycles. The normalized spacial score (nSPS) is 22.2. The second-order valence-corrected chi connectivity index (χ2v) is 5.69. The first-order valence-corrected chi connectivity index (χ1v) is 7.73. The van der Waals surface area contributed by atoms with Gasteiger partial charge in [0, 0.05) is 32.2 Å². The summed E-state index contributed by atoms with van der Waals surface area (Å²) in [5, 5.41) is 3.28. The topological polar surface area (TPSA) is 44.8 Å². The smallest absolute Gasteiger partial charge is 0.257 e. The number of fused-ring (bicyclic) bond motifs is 1. The first kappa shape index (κ1) is 14.2. The summed E-state index contributed by atoms with van der Waals surface area (Å²) < 4.78 is 5.72. The number of piperazine rings is 1. The summed E-state index contributed by atoms with van der Waals surface area (Å²) in [6.45, 7) is 9.29. The fourth-order valence-corrected chi connectivity index (χ4v) is 3.16. The van der Waals surface area contributed by atoms with Crippen molar-refractivity contribution in [3.63, 3.8) is 0 Å². The predicted molar refractivity (Wildman–Crippen MR) is 83.0 cm³/mol. The molecule has 2 aliphatic heterocycles. The van der Waals surface area contributed by atoms with Gasteiger partial charge in [0.05, 0.1) is 11.3 Å². The van der Waals surface area contributed by atoms with E-state index in [0.717, 1.165) is 38.4 Å². The summed E-state index contributed by atoms with van der Waals surface area (Å²) >= 11 is 0. The van der Waals surface area contributed by atoms with Crippen molar-refractivity contribution in [3.8, 4) is 5.75 Å². The molecule has 0 aromatic heterocycles. The Morgan fingerprint density at radius 3 is 3.05 bits per heavy atom. The van der Waals surface area contributed by atoms with Crippen LogP contribution in [0, 0.1) is 0 Å². The van der Waals surface area contributed by atoms with E-state index < -0.39 is 0 Å². The molecule has 2 heterocycles. The number of nitrogens with one attached hydrogen (secondary N) is 1. The van der Waals surface area contributed by atoms with E-state index in [2.05, 4.69) is 24.1 Å². The Labute approximate surface area is 125 Å². The van der Waals surface area contributed by atoms with Crippen molar-refractivity contribution in [2.24, 2.45) is 0 Å². The molecule has 0 radical (unpaired) electrons. The zero-order valence-electron chi connectivity index (χ0n) is 12.8. The lowest BCUT2D eigenvalue weighted by molar-refractivity contribution is 0.0524. The Kier molecular flexibility index (Phi) is 4.01. The van der Waals surface area contributed by atoms with E-state index in [4.69, 9.17) is 4.74 Å². The van der Waals surface area contributed by atoms with Gasteiger partial charge in [0.15, 0.2) is 5.75 Å². The minimum atomic E-state index is 0.0816. The number of nitrogens with zero attached hydrogens (tertiary/aromatic N) is 2. The maximum Gasteiger partial charge on any atom is 0.257 e. The number of benzene rings is 1. The van der Waals surface area contributed by atoms with Crippen LogP contribution >= 0.6 is 0 Å². The quantitative estimate of drug-likeness (QED) is 0.899. The zero-order valence-corrected chi connectivity index (χ0v) is 12.8. The molecule has 21 heavy (non-hydrogen) atoms. The summed E-state index contributed by atoms with van der Waals surface area (Å²) in [5.41, 5.74) is 1.60. The number of rotatable bonds is 2. The molecule has 3 rings (SSSR count). The fourth-order valence-electron chi connectivity index (χ4n) is 3.16. The molecule has 1 N–H and O–H groups in total. The first-order valence-electron chi connectivity index (χ1n) is 7.73. The number of amides is 1. The van der Waals surface area contributed by atoms with Crippen LogP contribution in [0.5, 0.6) is 5.75 Å². The van der Waals surface area contributed by atoms with E-state index in [1.807, 2.05) is 23.1 Å². The van der Waals surface area contributed by atoms with Crippen LogP contribution in [0.2, 0.25) is 0 Å². The summed E-state index contributed by atoms with van der Waals surface area (Å²) in [6, 6.07) is 6.15. The SMILES string of the molecule is CCN1CCN(C(=O)c2cccc3c2OCCN3)CC1C. The monoisotopic (exact) mass is 289 g/mol. The van der Waals surface area contributed by atoms with Gasteiger partial charge in [-0.2, -0.15) is 0 Å². The van der Waals surface area contributed by atoms with E-state index in [-0.39, 0.29) is 5.91 Å². The molecule has 1 fully saturated rings. The van der Waals surface area contributed by atoms with E-state index in [9.17, 15) is 4.79 Å². The second kappa shape index (κ2) is 5.93. The van der Waals surface area contributed by atoms with Gasteiger partial charge in [-0.1, -0.05) is 13.0 Å². The molecule has 5 nitrogen and oxygen atoms in total. The van der Waals surface area contributed by atoms with E-state index in [1.165, 1.54) is 0 Å². The van der Waals surface area contributed by atoms with Crippen LogP contribution in [0.3, 0.4) is 0 Å². The molecular weight excluding hydrogens is 266 g/mol. The summed E-state index contributed by atoms with van der Waals surface area (Å²) in [6.07, 6.45) is 0. The van der Waals surface area contributed by atoms with Crippen LogP contribution in [0.1, 0.15) is 24.2 Å². The Bertz CT molecular complexity index is 532. The highest BCUT2D eigenvalue weighted by Crippen LogP contribution is 2.32. The molecule has 2 aliphatic rings. The lowest BCUT2D eigenvalue weighted by Gasteiger charge is -2.39. The molecule has 1 aromatic rings. The lowest BCUT2D eigenvalue weighted by atomic mass is 10.1.